The number of hydrogen-bond donors (Lipinski definition) is 2. The molecule has 2 atom stereocenters. The second kappa shape index (κ2) is 13.6. The molecule has 7 rings (SSSR count). The molecule has 0 aliphatic carbocycles. The highest BCUT2D eigenvalue weighted by atomic mass is 32.2. The van der Waals surface area contributed by atoms with Crippen LogP contribution < -0.4 is 20.1 Å². The van der Waals surface area contributed by atoms with Gasteiger partial charge in [0.2, 0.25) is 6.79 Å². The Morgan fingerprint density at radius 2 is 1.20 bits per heavy atom. The van der Waals surface area contributed by atoms with Gasteiger partial charge in [-0.1, -0.05) is 17.7 Å². The molecule has 2 unspecified atom stereocenters. The molecule has 0 saturated carbocycles. The van der Waals surface area contributed by atoms with Crippen LogP contribution in [0.3, 0.4) is 0 Å². The van der Waals surface area contributed by atoms with E-state index in [1.165, 1.54) is 16.5 Å². The number of furan rings is 2. The zero-order valence-electron chi connectivity index (χ0n) is 24.2. The summed E-state index contributed by atoms with van der Waals surface area (Å²) in [4.78, 5) is 25.1. The second-order valence-electron chi connectivity index (χ2n) is 9.71. The maximum atomic E-state index is 12.6. The largest absolute Gasteiger partial charge is 0.459 e. The van der Waals surface area contributed by atoms with Crippen LogP contribution in [0.1, 0.15) is 26.7 Å². The Bertz CT molecular complexity index is 2010. The van der Waals surface area contributed by atoms with Gasteiger partial charge in [-0.05, 0) is 67.6 Å². The van der Waals surface area contributed by atoms with E-state index in [-0.39, 0.29) is 30.1 Å². The van der Waals surface area contributed by atoms with Gasteiger partial charge in [0.15, 0.2) is 45.0 Å². The molecule has 0 fully saturated rings. The number of benzene rings is 2. The van der Waals surface area contributed by atoms with E-state index in [1.54, 1.807) is 83.4 Å². The predicted molar refractivity (Wildman–Crippen MR) is 170 cm³/mol. The van der Waals surface area contributed by atoms with Gasteiger partial charge in [0.25, 0.3) is 11.8 Å². The maximum Gasteiger partial charge on any atom is 0.291 e. The van der Waals surface area contributed by atoms with Crippen LogP contribution in [-0.2, 0) is 22.0 Å². The third-order valence-electron chi connectivity index (χ3n) is 6.49. The van der Waals surface area contributed by atoms with Crippen LogP contribution in [0.25, 0.3) is 0 Å². The molecule has 6 aromatic rings. The lowest BCUT2D eigenvalue weighted by molar-refractivity contribution is 0.0989. The zero-order valence-corrected chi connectivity index (χ0v) is 25.8. The SMILES string of the molecule is Cc1ccc(S(=O)n2ccc(NC(=O)c3ccco3)c2)cc1.O=C(Nc1ccn(S(=O)c2ccc3c(c2)OCO3)c1)c1ccco1. The number of aromatic nitrogens is 2. The molecule has 2 N–H and O–H groups in total. The van der Waals surface area contributed by atoms with E-state index in [1.807, 2.05) is 31.2 Å². The summed E-state index contributed by atoms with van der Waals surface area (Å²) in [6.45, 7) is 2.14. The average molecular weight is 659 g/mol. The number of carbonyl (C=O) groups excluding carboxylic acids is 2. The molecule has 1 aliphatic rings. The molecule has 5 heterocycles. The van der Waals surface area contributed by atoms with E-state index in [0.717, 1.165) is 5.56 Å². The summed E-state index contributed by atoms with van der Waals surface area (Å²) < 4.78 is 48.7. The highest BCUT2D eigenvalue weighted by molar-refractivity contribution is 7.83. The van der Waals surface area contributed by atoms with Crippen molar-refractivity contribution >= 4 is 45.2 Å². The van der Waals surface area contributed by atoms with Crippen molar-refractivity contribution in [1.29, 1.82) is 0 Å². The van der Waals surface area contributed by atoms with E-state index in [2.05, 4.69) is 10.6 Å². The fourth-order valence-electron chi connectivity index (χ4n) is 4.19. The Balaban J connectivity index is 0.000000162. The number of aryl methyl sites for hydroxylation is 1. The molecule has 0 saturated heterocycles. The van der Waals surface area contributed by atoms with Gasteiger partial charge in [-0.15, -0.1) is 0 Å². The Kier molecular flexibility index (Phi) is 8.98. The lowest BCUT2D eigenvalue weighted by Crippen LogP contribution is -2.10. The average Bonchev–Trinajstić information content (AvgIpc) is 3.91. The molecule has 0 spiro atoms. The number of rotatable bonds is 8. The van der Waals surface area contributed by atoms with Crippen LogP contribution in [0.2, 0.25) is 0 Å². The minimum Gasteiger partial charge on any atom is -0.459 e. The highest BCUT2D eigenvalue weighted by Crippen LogP contribution is 2.33. The van der Waals surface area contributed by atoms with E-state index < -0.39 is 22.0 Å². The number of carbonyl (C=O) groups is 2. The number of amides is 2. The predicted octanol–water partition coefficient (Wildman–Crippen LogP) is 5.85. The first-order valence-corrected chi connectivity index (χ1v) is 15.9. The quantitative estimate of drug-likeness (QED) is 0.207. The van der Waals surface area contributed by atoms with Crippen molar-refractivity contribution in [2.24, 2.45) is 0 Å². The van der Waals surface area contributed by atoms with Crippen LogP contribution in [0, 0.1) is 6.92 Å². The second-order valence-corrected chi connectivity index (χ2v) is 12.5. The van der Waals surface area contributed by atoms with Gasteiger partial charge in [-0.25, -0.2) is 8.42 Å². The molecule has 0 radical (unpaired) electrons. The topological polar surface area (TPSA) is 147 Å². The van der Waals surface area contributed by atoms with Gasteiger partial charge in [0, 0.05) is 30.9 Å². The van der Waals surface area contributed by atoms with Crippen molar-refractivity contribution in [3.05, 3.63) is 133 Å². The molecule has 0 bridgehead atoms. The first-order chi connectivity index (χ1) is 22.3. The van der Waals surface area contributed by atoms with Crippen molar-refractivity contribution in [3.8, 4) is 11.5 Å². The summed E-state index contributed by atoms with van der Waals surface area (Å²) in [5.41, 5.74) is 2.19. The summed E-state index contributed by atoms with van der Waals surface area (Å²) in [5.74, 6) is 0.927. The van der Waals surface area contributed by atoms with Gasteiger partial charge < -0.3 is 28.9 Å². The number of hydrogen-bond acceptors (Lipinski definition) is 8. The third kappa shape index (κ3) is 7.03. The molecule has 1 aliphatic heterocycles. The first-order valence-electron chi connectivity index (χ1n) is 13.7. The summed E-state index contributed by atoms with van der Waals surface area (Å²) in [5, 5.41) is 5.37. The van der Waals surface area contributed by atoms with Crippen molar-refractivity contribution in [2.75, 3.05) is 17.4 Å². The molecule has 12 nitrogen and oxygen atoms in total. The molecule has 2 amide bonds. The lowest BCUT2D eigenvalue weighted by Gasteiger charge is -2.04. The highest BCUT2D eigenvalue weighted by Gasteiger charge is 2.17. The normalized spacial score (nSPS) is 12.9. The minimum atomic E-state index is -1.46. The molecular formula is C32H26N4O8S2. The van der Waals surface area contributed by atoms with E-state index in [4.69, 9.17) is 18.3 Å². The standard InChI is InChI=1S/C16H12N2O5S.C16H14N2O3S/c19-16(14-2-1-7-21-14)17-11-5-6-18(9-11)24(20)12-3-4-13-15(8-12)23-10-22-13;1-12-4-6-14(7-5-12)22(20)18-9-8-13(11-18)17-16(19)15-3-2-10-21-15/h1-9H,10H2,(H,17,19);2-11H,1H3,(H,17,19). The Labute approximate surface area is 267 Å². The van der Waals surface area contributed by atoms with Crippen LogP contribution in [0.15, 0.2) is 135 Å². The monoisotopic (exact) mass is 658 g/mol. The molecule has 234 valence electrons. The molecule has 46 heavy (non-hydrogen) atoms. The fourth-order valence-corrected chi connectivity index (χ4v) is 6.20. The number of nitrogens with zero attached hydrogens (tertiary/aromatic N) is 2. The van der Waals surface area contributed by atoms with Gasteiger partial charge in [0.05, 0.1) is 33.7 Å². The minimum absolute atomic E-state index is 0.165. The van der Waals surface area contributed by atoms with Gasteiger partial charge >= 0.3 is 0 Å². The van der Waals surface area contributed by atoms with E-state index in [0.29, 0.717) is 32.7 Å². The van der Waals surface area contributed by atoms with E-state index >= 15 is 0 Å². The van der Waals surface area contributed by atoms with Gasteiger partial charge in [-0.2, -0.15) is 0 Å². The van der Waals surface area contributed by atoms with Crippen molar-refractivity contribution in [3.63, 3.8) is 0 Å². The zero-order chi connectivity index (χ0) is 32.0. The smallest absolute Gasteiger partial charge is 0.291 e. The Morgan fingerprint density at radius 1 is 0.674 bits per heavy atom. The Hall–Kier alpha value is -5.60. The Morgan fingerprint density at radius 3 is 1.74 bits per heavy atom. The summed E-state index contributed by atoms with van der Waals surface area (Å²) in [7, 11) is -2.81. The number of ether oxygens (including phenoxy) is 2. The van der Waals surface area contributed by atoms with Crippen LogP contribution in [-0.4, -0.2) is 35.0 Å². The first kappa shape index (κ1) is 30.4. The summed E-state index contributed by atoms with van der Waals surface area (Å²) in [6, 6.07) is 22.4. The molecule has 2 aromatic carbocycles. The van der Waals surface area contributed by atoms with Crippen LogP contribution in [0.4, 0.5) is 11.4 Å². The number of fused-ring (bicyclic) bond motifs is 1. The summed E-state index contributed by atoms with van der Waals surface area (Å²) in [6.07, 6.45) is 9.35. The molecular weight excluding hydrogens is 633 g/mol. The number of anilines is 2. The van der Waals surface area contributed by atoms with Crippen molar-refractivity contribution in [2.45, 2.75) is 16.7 Å². The fraction of sp³-hybridized carbons (Fsp3) is 0.0625. The maximum absolute atomic E-state index is 12.6. The van der Waals surface area contributed by atoms with Gasteiger partial charge in [-0.3, -0.25) is 17.5 Å². The third-order valence-corrected chi connectivity index (χ3v) is 9.04. The van der Waals surface area contributed by atoms with Crippen molar-refractivity contribution in [1.82, 2.24) is 7.94 Å². The lowest BCUT2D eigenvalue weighted by atomic mass is 10.2. The van der Waals surface area contributed by atoms with Crippen LogP contribution >= 0.6 is 0 Å². The van der Waals surface area contributed by atoms with Gasteiger partial charge in [0.1, 0.15) is 0 Å². The van der Waals surface area contributed by atoms with Crippen LogP contribution in [0.5, 0.6) is 11.5 Å². The summed E-state index contributed by atoms with van der Waals surface area (Å²) >= 11 is 0. The van der Waals surface area contributed by atoms with E-state index in [9.17, 15) is 18.0 Å². The number of nitrogens with one attached hydrogen (secondary N) is 2. The molecule has 4 aromatic heterocycles. The molecule has 14 heteroatoms. The van der Waals surface area contributed by atoms with Crippen molar-refractivity contribution < 1.29 is 36.3 Å².